The highest BCUT2D eigenvalue weighted by Gasteiger charge is 2.29. The number of amides is 1. The summed E-state index contributed by atoms with van der Waals surface area (Å²) in [5.74, 6) is -0.525. The molecule has 9 nitrogen and oxygen atoms in total. The number of oxazole rings is 1. The van der Waals surface area contributed by atoms with Crippen molar-refractivity contribution >= 4 is 22.7 Å². The molecule has 1 amide bonds. The largest absolute Gasteiger partial charge is 0.419 e. The Morgan fingerprint density at radius 3 is 2.71 bits per heavy atom. The van der Waals surface area contributed by atoms with Gasteiger partial charge in [-0.15, -0.1) is 0 Å². The predicted molar refractivity (Wildman–Crippen MR) is 115 cm³/mol. The van der Waals surface area contributed by atoms with Crippen LogP contribution >= 0.6 is 0 Å². The molecule has 3 aromatic rings. The van der Waals surface area contributed by atoms with Gasteiger partial charge >= 0.3 is 5.76 Å². The molecule has 0 saturated carbocycles. The SMILES string of the molecule is CN1CCN(C(=O)CCCn2c(=O)oc3cc([N+](=O)[O-])ccc32)[C@@H](c2ccccc2)C1. The highest BCUT2D eigenvalue weighted by molar-refractivity contribution is 5.77. The molecule has 9 heteroatoms. The Balaban J connectivity index is 1.44. The van der Waals surface area contributed by atoms with Gasteiger partial charge in [-0.3, -0.25) is 19.5 Å². The number of likely N-dealkylation sites (N-methyl/N-ethyl adjacent to an activating group) is 1. The topological polar surface area (TPSA) is 102 Å². The zero-order chi connectivity index (χ0) is 22.0. The summed E-state index contributed by atoms with van der Waals surface area (Å²) in [6.45, 7) is 2.56. The first kappa shape index (κ1) is 20.8. The molecule has 0 radical (unpaired) electrons. The van der Waals surface area contributed by atoms with Gasteiger partial charge in [0.25, 0.3) is 5.69 Å². The van der Waals surface area contributed by atoms with Gasteiger partial charge in [-0.05, 0) is 25.1 Å². The number of carbonyl (C=O) groups excluding carboxylic acids is 1. The van der Waals surface area contributed by atoms with E-state index in [4.69, 9.17) is 4.42 Å². The fourth-order valence-corrected chi connectivity index (χ4v) is 4.09. The minimum absolute atomic E-state index is 0.00507. The second-order valence-electron chi connectivity index (χ2n) is 7.81. The summed E-state index contributed by atoms with van der Waals surface area (Å²) in [4.78, 5) is 39.7. The number of non-ortho nitro benzene ring substituents is 1. The van der Waals surface area contributed by atoms with Crippen LogP contribution in [0.1, 0.15) is 24.4 Å². The van der Waals surface area contributed by atoms with Crippen molar-refractivity contribution < 1.29 is 14.1 Å². The highest BCUT2D eigenvalue weighted by Crippen LogP contribution is 2.26. The quantitative estimate of drug-likeness (QED) is 0.445. The third-order valence-electron chi connectivity index (χ3n) is 5.72. The molecular formula is C22H24N4O5. The number of piperazine rings is 1. The van der Waals surface area contributed by atoms with E-state index in [-0.39, 0.29) is 23.2 Å². The van der Waals surface area contributed by atoms with E-state index < -0.39 is 10.7 Å². The predicted octanol–water partition coefficient (Wildman–Crippen LogP) is 2.80. The molecule has 1 fully saturated rings. The number of rotatable bonds is 6. The van der Waals surface area contributed by atoms with Gasteiger partial charge in [0.1, 0.15) is 0 Å². The van der Waals surface area contributed by atoms with E-state index in [1.807, 2.05) is 35.2 Å². The van der Waals surface area contributed by atoms with E-state index in [0.717, 1.165) is 18.7 Å². The molecule has 0 spiro atoms. The van der Waals surface area contributed by atoms with Crippen molar-refractivity contribution in [1.29, 1.82) is 0 Å². The smallest absolute Gasteiger partial charge is 0.407 e. The minimum atomic E-state index is -0.579. The Labute approximate surface area is 178 Å². The maximum Gasteiger partial charge on any atom is 0.419 e. The molecule has 0 N–H and O–H groups in total. The number of hydrogen-bond donors (Lipinski definition) is 0. The second kappa shape index (κ2) is 8.73. The molecule has 1 aliphatic rings. The average Bonchev–Trinajstić information content (AvgIpc) is 3.08. The number of aryl methyl sites for hydroxylation is 1. The van der Waals surface area contributed by atoms with Crippen LogP contribution in [-0.4, -0.2) is 51.9 Å². The number of nitro benzene ring substituents is 1. The monoisotopic (exact) mass is 424 g/mol. The van der Waals surface area contributed by atoms with E-state index in [2.05, 4.69) is 11.9 Å². The summed E-state index contributed by atoms with van der Waals surface area (Å²) in [6, 6.07) is 14.1. The number of fused-ring (bicyclic) bond motifs is 1. The Bertz CT molecular complexity index is 1150. The van der Waals surface area contributed by atoms with E-state index in [1.54, 1.807) is 0 Å². The van der Waals surface area contributed by atoms with Gasteiger partial charge in [0.05, 0.1) is 22.5 Å². The zero-order valence-corrected chi connectivity index (χ0v) is 17.3. The average molecular weight is 424 g/mol. The van der Waals surface area contributed by atoms with Crippen LogP contribution < -0.4 is 5.76 Å². The maximum atomic E-state index is 13.0. The molecule has 4 rings (SSSR count). The fraction of sp³-hybridized carbons (Fsp3) is 0.364. The van der Waals surface area contributed by atoms with Crippen molar-refractivity contribution in [3.63, 3.8) is 0 Å². The van der Waals surface area contributed by atoms with E-state index >= 15 is 0 Å². The molecule has 0 unspecified atom stereocenters. The number of nitrogens with zero attached hydrogens (tertiary/aromatic N) is 4. The Kier molecular flexibility index (Phi) is 5.85. The summed E-state index contributed by atoms with van der Waals surface area (Å²) in [5, 5.41) is 10.9. The lowest BCUT2D eigenvalue weighted by Crippen LogP contribution is -2.49. The van der Waals surface area contributed by atoms with Gasteiger partial charge in [-0.1, -0.05) is 30.3 Å². The molecule has 1 aliphatic heterocycles. The first-order valence-corrected chi connectivity index (χ1v) is 10.2. The summed E-state index contributed by atoms with van der Waals surface area (Å²) in [6.07, 6.45) is 0.775. The summed E-state index contributed by atoms with van der Waals surface area (Å²) < 4.78 is 6.57. The lowest BCUT2D eigenvalue weighted by Gasteiger charge is -2.40. The Morgan fingerprint density at radius 1 is 1.19 bits per heavy atom. The lowest BCUT2D eigenvalue weighted by atomic mass is 10.0. The highest BCUT2D eigenvalue weighted by atomic mass is 16.6. The van der Waals surface area contributed by atoms with Crippen LogP contribution in [0.25, 0.3) is 11.1 Å². The number of carbonyl (C=O) groups is 1. The first-order valence-electron chi connectivity index (χ1n) is 10.2. The summed E-state index contributed by atoms with van der Waals surface area (Å²) in [7, 11) is 2.05. The van der Waals surface area contributed by atoms with Crippen molar-refractivity contribution in [2.75, 3.05) is 26.7 Å². The minimum Gasteiger partial charge on any atom is -0.407 e. The second-order valence-corrected chi connectivity index (χ2v) is 7.81. The van der Waals surface area contributed by atoms with Crippen LogP contribution in [0.2, 0.25) is 0 Å². The first-order chi connectivity index (χ1) is 14.9. The summed E-state index contributed by atoms with van der Waals surface area (Å²) in [5.41, 5.74) is 1.64. The molecule has 1 atom stereocenters. The van der Waals surface area contributed by atoms with Crippen LogP contribution in [0.15, 0.2) is 57.7 Å². The molecule has 2 aromatic carbocycles. The Hall–Kier alpha value is -3.46. The van der Waals surface area contributed by atoms with Crippen LogP contribution in [-0.2, 0) is 11.3 Å². The number of benzene rings is 2. The molecule has 1 saturated heterocycles. The molecule has 1 aromatic heterocycles. The van der Waals surface area contributed by atoms with E-state index in [0.29, 0.717) is 31.4 Å². The number of aromatic nitrogens is 1. The van der Waals surface area contributed by atoms with E-state index in [9.17, 15) is 19.7 Å². The van der Waals surface area contributed by atoms with Crippen LogP contribution in [0.5, 0.6) is 0 Å². The maximum absolute atomic E-state index is 13.0. The van der Waals surface area contributed by atoms with Gasteiger partial charge in [-0.25, -0.2) is 4.79 Å². The molecule has 2 heterocycles. The Morgan fingerprint density at radius 2 is 1.97 bits per heavy atom. The third-order valence-corrected chi connectivity index (χ3v) is 5.72. The van der Waals surface area contributed by atoms with Crippen molar-refractivity contribution in [3.8, 4) is 0 Å². The van der Waals surface area contributed by atoms with Crippen LogP contribution in [0, 0.1) is 10.1 Å². The van der Waals surface area contributed by atoms with Crippen molar-refractivity contribution in [2.45, 2.75) is 25.4 Å². The molecule has 31 heavy (non-hydrogen) atoms. The normalized spacial score (nSPS) is 17.2. The van der Waals surface area contributed by atoms with Gasteiger partial charge in [-0.2, -0.15) is 0 Å². The molecule has 0 bridgehead atoms. The van der Waals surface area contributed by atoms with Gasteiger partial charge in [0.2, 0.25) is 5.91 Å². The third kappa shape index (κ3) is 4.36. The molecule has 0 aliphatic carbocycles. The van der Waals surface area contributed by atoms with Crippen LogP contribution in [0.3, 0.4) is 0 Å². The summed E-state index contributed by atoms with van der Waals surface area (Å²) >= 11 is 0. The number of hydrogen-bond acceptors (Lipinski definition) is 6. The van der Waals surface area contributed by atoms with E-state index in [1.165, 1.54) is 22.8 Å². The van der Waals surface area contributed by atoms with Crippen LogP contribution in [0.4, 0.5) is 5.69 Å². The standard InChI is InChI=1S/C22H24N4O5/c1-23-12-13-24(19(15-23)16-6-3-2-4-7-16)21(27)8-5-11-25-18-10-9-17(26(29)30)14-20(18)31-22(25)28/h2-4,6-7,9-10,14,19H,5,8,11-13,15H2,1H3/t19-/m1/s1. The fourth-order valence-electron chi connectivity index (χ4n) is 4.09. The molecular weight excluding hydrogens is 400 g/mol. The van der Waals surface area contributed by atoms with Gasteiger partial charge in [0, 0.05) is 38.7 Å². The van der Waals surface area contributed by atoms with Gasteiger partial charge < -0.3 is 14.2 Å². The van der Waals surface area contributed by atoms with Crippen molar-refractivity contribution in [1.82, 2.24) is 14.4 Å². The molecule has 162 valence electrons. The van der Waals surface area contributed by atoms with Crippen molar-refractivity contribution in [2.24, 2.45) is 0 Å². The zero-order valence-electron chi connectivity index (χ0n) is 17.3. The lowest BCUT2D eigenvalue weighted by molar-refractivity contribution is -0.384. The van der Waals surface area contributed by atoms with Crippen molar-refractivity contribution in [3.05, 3.63) is 74.8 Å². The van der Waals surface area contributed by atoms with Gasteiger partial charge in [0.15, 0.2) is 5.58 Å². The number of nitro groups is 1.